The van der Waals surface area contributed by atoms with Crippen LogP contribution in [0.5, 0.6) is 0 Å². The number of hydrogen-bond acceptors (Lipinski definition) is 1. The number of nitrogens with one attached hydrogen (secondary N) is 1. The van der Waals surface area contributed by atoms with E-state index >= 15 is 0 Å². The summed E-state index contributed by atoms with van der Waals surface area (Å²) < 4.78 is 3.31. The maximum Gasteiger partial charge on any atom is 0.0246 e. The molecule has 0 aromatic carbocycles. The summed E-state index contributed by atoms with van der Waals surface area (Å²) in [5, 5.41) is 0. The van der Waals surface area contributed by atoms with Crippen LogP contribution < -0.4 is 3.53 Å². The molecule has 0 aliphatic heterocycles. The summed E-state index contributed by atoms with van der Waals surface area (Å²) in [6.45, 7) is 2.30. The summed E-state index contributed by atoms with van der Waals surface area (Å²) in [4.78, 5) is 0. The lowest BCUT2D eigenvalue weighted by Gasteiger charge is -2.20. The zero-order valence-corrected chi connectivity index (χ0v) is 7.36. The third kappa shape index (κ3) is 1.35. The van der Waals surface area contributed by atoms with Gasteiger partial charge in [-0.1, -0.05) is 12.8 Å². The van der Waals surface area contributed by atoms with Crippen LogP contribution in [-0.2, 0) is 0 Å². The van der Waals surface area contributed by atoms with E-state index in [1.807, 2.05) is 0 Å². The van der Waals surface area contributed by atoms with Crippen LogP contribution in [0.15, 0.2) is 0 Å². The highest BCUT2D eigenvalue weighted by Gasteiger charge is 2.26. The normalized spacial score (nSPS) is 26.2. The van der Waals surface area contributed by atoms with Gasteiger partial charge < -0.3 is 0 Å². The molecule has 1 nitrogen and oxygen atoms in total. The Kier molecular flexibility index (Phi) is 2.14. The lowest BCUT2D eigenvalue weighted by Crippen LogP contribution is -2.31. The van der Waals surface area contributed by atoms with Crippen molar-refractivity contribution in [3.05, 3.63) is 0 Å². The molecule has 0 radical (unpaired) electrons. The molecule has 1 rings (SSSR count). The second kappa shape index (κ2) is 2.52. The Morgan fingerprint density at radius 2 is 1.88 bits per heavy atom. The van der Waals surface area contributed by atoms with Crippen LogP contribution in [0.2, 0.25) is 0 Å². The summed E-state index contributed by atoms with van der Waals surface area (Å²) in [6, 6.07) is 0. The third-order valence-electron chi connectivity index (χ3n) is 1.94. The van der Waals surface area contributed by atoms with E-state index in [2.05, 4.69) is 33.3 Å². The molecule has 1 aliphatic carbocycles. The second-order valence-electron chi connectivity index (χ2n) is 2.86. The van der Waals surface area contributed by atoms with Crippen molar-refractivity contribution < 1.29 is 0 Å². The average Bonchev–Trinajstić information content (AvgIpc) is 2.17. The van der Waals surface area contributed by atoms with Gasteiger partial charge in [0.05, 0.1) is 0 Å². The molecule has 1 N–H and O–H groups in total. The van der Waals surface area contributed by atoms with Gasteiger partial charge in [0.25, 0.3) is 0 Å². The molecular formula is C6H12IN. The molecule has 0 unspecified atom stereocenters. The minimum Gasteiger partial charge on any atom is -0.255 e. The van der Waals surface area contributed by atoms with Gasteiger partial charge >= 0.3 is 0 Å². The largest absolute Gasteiger partial charge is 0.255 e. The Bertz CT molecular complexity index is 76.6. The van der Waals surface area contributed by atoms with Crippen LogP contribution in [0.3, 0.4) is 0 Å². The number of hydrogen-bond donors (Lipinski definition) is 1. The molecular weight excluding hydrogens is 213 g/mol. The van der Waals surface area contributed by atoms with Crippen LogP contribution in [-0.4, -0.2) is 5.54 Å². The predicted molar refractivity (Wildman–Crippen MR) is 44.0 cm³/mol. The topological polar surface area (TPSA) is 12.0 Å². The van der Waals surface area contributed by atoms with E-state index in [9.17, 15) is 0 Å². The van der Waals surface area contributed by atoms with Crippen molar-refractivity contribution in [3.8, 4) is 0 Å². The van der Waals surface area contributed by atoms with Crippen LogP contribution in [0.25, 0.3) is 0 Å². The predicted octanol–water partition coefficient (Wildman–Crippen LogP) is 2.26. The van der Waals surface area contributed by atoms with Gasteiger partial charge in [-0.05, 0) is 19.8 Å². The minimum atomic E-state index is 0.473. The summed E-state index contributed by atoms with van der Waals surface area (Å²) in [6.07, 6.45) is 5.53. The Morgan fingerprint density at radius 3 is 2.12 bits per heavy atom. The van der Waals surface area contributed by atoms with Gasteiger partial charge in [-0.15, -0.1) is 0 Å². The fourth-order valence-electron chi connectivity index (χ4n) is 1.25. The maximum atomic E-state index is 3.31. The van der Waals surface area contributed by atoms with Crippen LogP contribution >= 0.6 is 22.9 Å². The van der Waals surface area contributed by atoms with Crippen molar-refractivity contribution in [1.29, 1.82) is 0 Å². The molecule has 1 aliphatic rings. The molecule has 0 heterocycles. The lowest BCUT2D eigenvalue weighted by atomic mass is 10.0. The summed E-state index contributed by atoms with van der Waals surface area (Å²) in [7, 11) is 0. The zero-order valence-electron chi connectivity index (χ0n) is 5.21. The Balaban J connectivity index is 2.40. The first-order valence-electron chi connectivity index (χ1n) is 3.15. The van der Waals surface area contributed by atoms with Crippen LogP contribution in [0.4, 0.5) is 0 Å². The first-order valence-corrected chi connectivity index (χ1v) is 4.22. The van der Waals surface area contributed by atoms with Gasteiger partial charge in [0.2, 0.25) is 0 Å². The Morgan fingerprint density at radius 1 is 1.38 bits per heavy atom. The number of rotatable bonds is 1. The van der Waals surface area contributed by atoms with Gasteiger partial charge in [-0.3, -0.25) is 3.53 Å². The molecule has 0 amide bonds. The van der Waals surface area contributed by atoms with Crippen molar-refractivity contribution >= 4 is 22.9 Å². The van der Waals surface area contributed by atoms with E-state index < -0.39 is 0 Å². The monoisotopic (exact) mass is 225 g/mol. The van der Waals surface area contributed by atoms with Gasteiger partial charge in [-0.25, -0.2) is 0 Å². The molecule has 0 aromatic rings. The standard InChI is InChI=1S/C6H12IN/c1-6(8-7)4-2-3-5-6/h8H,2-5H2,1H3. The van der Waals surface area contributed by atoms with Crippen LogP contribution in [0.1, 0.15) is 32.6 Å². The van der Waals surface area contributed by atoms with E-state index in [-0.39, 0.29) is 0 Å². The van der Waals surface area contributed by atoms with E-state index in [1.54, 1.807) is 0 Å². The molecule has 0 bridgehead atoms. The second-order valence-corrected chi connectivity index (χ2v) is 3.40. The summed E-state index contributed by atoms with van der Waals surface area (Å²) in [5.41, 5.74) is 0.473. The maximum absolute atomic E-state index is 3.31. The fourth-order valence-corrected chi connectivity index (χ4v) is 1.79. The molecule has 8 heavy (non-hydrogen) atoms. The van der Waals surface area contributed by atoms with E-state index in [1.165, 1.54) is 25.7 Å². The lowest BCUT2D eigenvalue weighted by molar-refractivity contribution is 0.463. The highest BCUT2D eigenvalue weighted by Crippen LogP contribution is 2.29. The van der Waals surface area contributed by atoms with E-state index in [4.69, 9.17) is 0 Å². The van der Waals surface area contributed by atoms with Crippen LogP contribution in [0, 0.1) is 0 Å². The first-order chi connectivity index (χ1) is 3.77. The molecule has 1 saturated carbocycles. The quantitative estimate of drug-likeness (QED) is 0.533. The third-order valence-corrected chi connectivity index (χ3v) is 3.24. The molecule has 1 fully saturated rings. The van der Waals surface area contributed by atoms with E-state index in [0.29, 0.717) is 5.54 Å². The summed E-state index contributed by atoms with van der Waals surface area (Å²) >= 11 is 2.26. The molecule has 0 saturated heterocycles. The van der Waals surface area contributed by atoms with Crippen molar-refractivity contribution in [2.45, 2.75) is 38.1 Å². The highest BCUT2D eigenvalue weighted by atomic mass is 127. The van der Waals surface area contributed by atoms with Crippen molar-refractivity contribution in [2.75, 3.05) is 0 Å². The smallest absolute Gasteiger partial charge is 0.0246 e. The van der Waals surface area contributed by atoms with Gasteiger partial charge in [0.15, 0.2) is 0 Å². The van der Waals surface area contributed by atoms with Gasteiger partial charge in [0, 0.05) is 28.4 Å². The molecule has 48 valence electrons. The molecule has 0 atom stereocenters. The average molecular weight is 225 g/mol. The fraction of sp³-hybridized carbons (Fsp3) is 1.00. The highest BCUT2D eigenvalue weighted by molar-refractivity contribution is 14.1. The van der Waals surface area contributed by atoms with Crippen molar-refractivity contribution in [3.63, 3.8) is 0 Å². The molecule has 0 aromatic heterocycles. The van der Waals surface area contributed by atoms with E-state index in [0.717, 1.165) is 0 Å². The van der Waals surface area contributed by atoms with Crippen molar-refractivity contribution in [2.24, 2.45) is 0 Å². The minimum absolute atomic E-state index is 0.473. The first kappa shape index (κ1) is 6.81. The summed E-state index contributed by atoms with van der Waals surface area (Å²) in [5.74, 6) is 0. The Labute approximate surface area is 64.7 Å². The zero-order chi connectivity index (χ0) is 6.04. The van der Waals surface area contributed by atoms with Crippen molar-refractivity contribution in [1.82, 2.24) is 3.53 Å². The van der Waals surface area contributed by atoms with Gasteiger partial charge in [-0.2, -0.15) is 0 Å². The Hall–Kier alpha value is 0.690. The SMILES string of the molecule is CC1(NI)CCCC1. The number of halogens is 1. The van der Waals surface area contributed by atoms with Gasteiger partial charge in [0.1, 0.15) is 0 Å². The molecule has 2 heteroatoms. The molecule has 0 spiro atoms.